The molecule has 1 spiro atoms. The molecular formula is C26H33N5O2S. The van der Waals surface area contributed by atoms with E-state index in [1.807, 2.05) is 23.5 Å². The number of aromatic nitrogens is 3. The third-order valence-corrected chi connectivity index (χ3v) is 9.45. The first-order valence-corrected chi connectivity index (χ1v) is 13.5. The van der Waals surface area contributed by atoms with E-state index in [2.05, 4.69) is 45.5 Å². The van der Waals surface area contributed by atoms with Gasteiger partial charge < -0.3 is 15.0 Å². The van der Waals surface area contributed by atoms with Crippen molar-refractivity contribution in [2.75, 3.05) is 19.7 Å². The van der Waals surface area contributed by atoms with E-state index in [0.29, 0.717) is 17.5 Å². The number of likely N-dealkylation sites (tertiary alicyclic amines) is 1. The van der Waals surface area contributed by atoms with Crippen molar-refractivity contribution in [1.82, 2.24) is 25.6 Å². The number of carbonyl (C=O) groups excluding carboxylic acids is 1. The Labute approximate surface area is 204 Å². The molecule has 0 unspecified atom stereocenters. The molecule has 2 aromatic heterocycles. The van der Waals surface area contributed by atoms with Crippen LogP contribution in [-0.2, 0) is 23.2 Å². The fourth-order valence-corrected chi connectivity index (χ4v) is 7.31. The smallest absolute Gasteiger partial charge is 0.251 e. The lowest BCUT2D eigenvalue weighted by Gasteiger charge is -2.49. The number of rotatable bonds is 5. The van der Waals surface area contributed by atoms with Gasteiger partial charge >= 0.3 is 0 Å². The Morgan fingerprint density at radius 3 is 3.06 bits per heavy atom. The van der Waals surface area contributed by atoms with Crippen LogP contribution < -0.4 is 5.32 Å². The van der Waals surface area contributed by atoms with Crippen molar-refractivity contribution >= 4 is 28.3 Å². The number of thiophene rings is 1. The van der Waals surface area contributed by atoms with Crippen LogP contribution in [0.2, 0.25) is 0 Å². The van der Waals surface area contributed by atoms with Crippen LogP contribution >= 0.6 is 11.3 Å². The number of aryl methyl sites for hydroxylation is 1. The van der Waals surface area contributed by atoms with Gasteiger partial charge in [-0.25, -0.2) is 0 Å². The Bertz CT molecular complexity index is 1200. The second-order valence-corrected chi connectivity index (χ2v) is 11.6. The van der Waals surface area contributed by atoms with Crippen molar-refractivity contribution in [2.24, 2.45) is 5.92 Å². The normalized spacial score (nSPS) is 29.2. The molecule has 1 aliphatic carbocycles. The predicted octanol–water partition coefficient (Wildman–Crippen LogP) is 4.04. The van der Waals surface area contributed by atoms with Crippen molar-refractivity contribution in [3.8, 4) is 0 Å². The summed E-state index contributed by atoms with van der Waals surface area (Å²) in [6.07, 6.45) is 6.46. The van der Waals surface area contributed by atoms with Crippen molar-refractivity contribution in [1.29, 1.82) is 0 Å². The minimum absolute atomic E-state index is 0.0194. The van der Waals surface area contributed by atoms with E-state index in [1.165, 1.54) is 10.4 Å². The van der Waals surface area contributed by atoms with Gasteiger partial charge in [-0.3, -0.25) is 9.89 Å². The summed E-state index contributed by atoms with van der Waals surface area (Å²) < 4.78 is 6.50. The highest BCUT2D eigenvalue weighted by Gasteiger charge is 2.45. The average Bonchev–Trinajstić information content (AvgIpc) is 3.46. The van der Waals surface area contributed by atoms with Crippen molar-refractivity contribution in [3.05, 3.63) is 45.1 Å². The Morgan fingerprint density at radius 1 is 1.35 bits per heavy atom. The van der Waals surface area contributed by atoms with Gasteiger partial charge in [0, 0.05) is 46.9 Å². The third kappa shape index (κ3) is 3.95. The van der Waals surface area contributed by atoms with Gasteiger partial charge in [0.1, 0.15) is 5.52 Å². The Balaban J connectivity index is 1.02. The molecule has 1 amide bonds. The van der Waals surface area contributed by atoms with Crippen LogP contribution in [0.3, 0.4) is 0 Å². The maximum Gasteiger partial charge on any atom is 0.251 e. The third-order valence-electron chi connectivity index (χ3n) is 8.11. The number of ether oxygens (including phenoxy) is 1. The van der Waals surface area contributed by atoms with E-state index in [4.69, 9.17) is 4.74 Å². The number of amides is 1. The zero-order valence-corrected chi connectivity index (χ0v) is 20.8. The number of aromatic amines is 1. The molecule has 3 aromatic rings. The largest absolute Gasteiger partial charge is 0.370 e. The fourth-order valence-electron chi connectivity index (χ4n) is 6.13. The van der Waals surface area contributed by atoms with Gasteiger partial charge in [0.05, 0.1) is 17.7 Å². The highest BCUT2D eigenvalue weighted by molar-refractivity contribution is 7.12. The van der Waals surface area contributed by atoms with Gasteiger partial charge in [0.2, 0.25) is 0 Å². The van der Waals surface area contributed by atoms with E-state index in [9.17, 15) is 4.79 Å². The summed E-state index contributed by atoms with van der Waals surface area (Å²) >= 11 is 2.00. The second-order valence-electron chi connectivity index (χ2n) is 10.3. The lowest BCUT2D eigenvalue weighted by molar-refractivity contribution is -0.114. The summed E-state index contributed by atoms with van der Waals surface area (Å²) in [6.45, 7) is 7.68. The second kappa shape index (κ2) is 8.73. The Hall–Kier alpha value is -2.29. The highest BCUT2D eigenvalue weighted by Crippen LogP contribution is 2.46. The molecule has 2 atom stereocenters. The molecule has 2 aliphatic heterocycles. The quantitative estimate of drug-likeness (QED) is 0.577. The highest BCUT2D eigenvalue weighted by atomic mass is 32.1. The molecule has 6 rings (SSSR count). The van der Waals surface area contributed by atoms with Crippen LogP contribution in [0.15, 0.2) is 24.3 Å². The van der Waals surface area contributed by atoms with E-state index in [0.717, 1.165) is 69.3 Å². The van der Waals surface area contributed by atoms with Crippen molar-refractivity contribution < 1.29 is 9.53 Å². The van der Waals surface area contributed by atoms with E-state index < -0.39 is 0 Å². The number of hydrogen-bond donors (Lipinski definition) is 2. The molecule has 1 aromatic carbocycles. The molecule has 1 saturated carbocycles. The molecular weight excluding hydrogens is 446 g/mol. The van der Waals surface area contributed by atoms with Crippen LogP contribution in [-0.4, -0.2) is 58.0 Å². The van der Waals surface area contributed by atoms with E-state index in [1.54, 1.807) is 10.9 Å². The zero-order chi connectivity index (χ0) is 23.3. The molecule has 0 bridgehead atoms. The number of nitrogens with zero attached hydrogens (tertiary/aromatic N) is 3. The monoisotopic (exact) mass is 479 g/mol. The summed E-state index contributed by atoms with van der Waals surface area (Å²) in [5.41, 5.74) is 3.62. The summed E-state index contributed by atoms with van der Waals surface area (Å²) in [6, 6.07) is 8.68. The molecule has 1 saturated heterocycles. The number of hydrogen-bond acceptors (Lipinski definition) is 6. The molecule has 2 N–H and O–H groups in total. The van der Waals surface area contributed by atoms with Gasteiger partial charge in [-0.1, -0.05) is 12.1 Å². The van der Waals surface area contributed by atoms with Crippen LogP contribution in [0, 0.1) is 5.92 Å². The summed E-state index contributed by atoms with van der Waals surface area (Å²) in [7, 11) is 0. The Morgan fingerprint density at radius 2 is 2.24 bits per heavy atom. The first kappa shape index (κ1) is 22.2. The lowest BCUT2D eigenvalue weighted by Crippen LogP contribution is -2.54. The number of nitrogens with one attached hydrogen (secondary N) is 2. The number of benzene rings is 1. The van der Waals surface area contributed by atoms with Gasteiger partial charge in [0.25, 0.3) is 5.91 Å². The molecule has 180 valence electrons. The predicted molar refractivity (Wildman–Crippen MR) is 133 cm³/mol. The number of piperidine rings is 1. The molecule has 34 heavy (non-hydrogen) atoms. The summed E-state index contributed by atoms with van der Waals surface area (Å²) in [4.78, 5) is 18.4. The number of H-pyrrole nitrogens is 1. The van der Waals surface area contributed by atoms with E-state index >= 15 is 0 Å². The standard InChI is InChI=1S/C26H33N5O2S/c1-3-20-13-21-24(34-20)6-9-33-26(21)7-8-31(16(2)14-26)15-17-10-19(11-17)27-25(32)18-4-5-22-23(12-18)29-30-28-22/h4-5,12-13,16-17,19H,3,6-11,14-15H2,1-2H3,(H,27,32)(H,28,29,30)/t16-,17-,19+,26+/m0/s1. The number of fused-ring (bicyclic) bond motifs is 3. The van der Waals surface area contributed by atoms with Gasteiger partial charge in [-0.05, 0) is 74.8 Å². The lowest BCUT2D eigenvalue weighted by atomic mass is 9.76. The van der Waals surface area contributed by atoms with Crippen molar-refractivity contribution in [2.45, 2.75) is 70.1 Å². The van der Waals surface area contributed by atoms with Gasteiger partial charge in [-0.2, -0.15) is 0 Å². The van der Waals surface area contributed by atoms with Crippen LogP contribution in [0.1, 0.15) is 65.2 Å². The first-order chi connectivity index (χ1) is 16.5. The molecule has 8 heteroatoms. The van der Waals surface area contributed by atoms with Gasteiger partial charge in [-0.15, -0.1) is 16.4 Å². The first-order valence-electron chi connectivity index (χ1n) is 12.6. The summed E-state index contributed by atoms with van der Waals surface area (Å²) in [5, 5.41) is 13.8. The van der Waals surface area contributed by atoms with Crippen LogP contribution in [0.4, 0.5) is 0 Å². The zero-order valence-electron chi connectivity index (χ0n) is 20.0. The fraction of sp³-hybridized carbons (Fsp3) is 0.577. The van der Waals surface area contributed by atoms with E-state index in [-0.39, 0.29) is 17.6 Å². The minimum atomic E-state index is -0.0749. The molecule has 0 radical (unpaired) electrons. The molecule has 2 fully saturated rings. The molecule has 7 nitrogen and oxygen atoms in total. The molecule has 4 heterocycles. The van der Waals surface area contributed by atoms with Crippen LogP contribution in [0.25, 0.3) is 11.0 Å². The maximum atomic E-state index is 12.7. The minimum Gasteiger partial charge on any atom is -0.370 e. The number of carbonyl (C=O) groups is 1. The maximum absolute atomic E-state index is 12.7. The van der Waals surface area contributed by atoms with Gasteiger partial charge in [0.15, 0.2) is 0 Å². The topological polar surface area (TPSA) is 83.1 Å². The van der Waals surface area contributed by atoms with Crippen molar-refractivity contribution in [3.63, 3.8) is 0 Å². The van der Waals surface area contributed by atoms with Crippen LogP contribution in [0.5, 0.6) is 0 Å². The SMILES string of the molecule is CCc1cc2c(s1)CCO[C@@]21CCN(C[C@H]2C[C@@H](NC(=O)c3ccc4[nH]nnc4c3)C2)[C@@H](C)C1. The Kier molecular flexibility index (Phi) is 5.70. The average molecular weight is 480 g/mol. The molecule has 3 aliphatic rings. The summed E-state index contributed by atoms with van der Waals surface area (Å²) in [5.74, 6) is 0.629.